The van der Waals surface area contributed by atoms with E-state index in [4.69, 9.17) is 4.74 Å². The highest BCUT2D eigenvalue weighted by Gasteiger charge is 2.51. The summed E-state index contributed by atoms with van der Waals surface area (Å²) in [7, 11) is 1.64. The molecule has 0 bridgehead atoms. The van der Waals surface area contributed by atoms with Gasteiger partial charge in [-0.25, -0.2) is 0 Å². The Kier molecular flexibility index (Phi) is 3.95. The van der Waals surface area contributed by atoms with Crippen LogP contribution in [0.5, 0.6) is 0 Å². The zero-order valence-electron chi connectivity index (χ0n) is 14.3. The molecule has 4 rings (SSSR count). The minimum absolute atomic E-state index is 0.0213. The molecule has 2 aliphatic heterocycles. The Morgan fingerprint density at radius 1 is 1.36 bits per heavy atom. The maximum absolute atomic E-state index is 13.0. The summed E-state index contributed by atoms with van der Waals surface area (Å²) in [6.07, 6.45) is 3.24. The first-order chi connectivity index (χ1) is 12.1. The number of carbonyl (C=O) groups is 2. The Hall–Kier alpha value is -2.41. The van der Waals surface area contributed by atoms with Crippen LogP contribution in [0.2, 0.25) is 0 Å². The smallest absolute Gasteiger partial charge is 0.254 e. The second-order valence-corrected chi connectivity index (χ2v) is 6.93. The number of hydrogen-bond donors (Lipinski definition) is 1. The largest absolute Gasteiger partial charge is 0.383 e. The van der Waals surface area contributed by atoms with Gasteiger partial charge in [-0.05, 0) is 25.0 Å². The average molecular weight is 342 g/mol. The molecule has 2 aliphatic rings. The lowest BCUT2D eigenvalue weighted by Gasteiger charge is -2.23. The molecule has 2 aromatic rings. The van der Waals surface area contributed by atoms with Gasteiger partial charge in [0, 0.05) is 38.7 Å². The number of ether oxygens (including phenoxy) is 1. The number of likely N-dealkylation sites (tertiary alicyclic amines) is 2. The number of aromatic amines is 1. The van der Waals surface area contributed by atoms with E-state index in [0.717, 1.165) is 30.3 Å². The predicted molar refractivity (Wildman–Crippen MR) is 92.1 cm³/mol. The van der Waals surface area contributed by atoms with Crippen LogP contribution in [0, 0.1) is 5.41 Å². The molecule has 0 saturated carbocycles. The molecule has 0 radical (unpaired) electrons. The van der Waals surface area contributed by atoms with E-state index >= 15 is 0 Å². The SMILES string of the molecule is COCCN1CCC2(CCN(C(=O)c3cccc4[nH]ncc34)C2)C1=O. The molecule has 1 aromatic carbocycles. The second kappa shape index (κ2) is 6.15. The van der Waals surface area contributed by atoms with Crippen molar-refractivity contribution in [3.05, 3.63) is 30.0 Å². The van der Waals surface area contributed by atoms with Crippen molar-refractivity contribution >= 4 is 22.7 Å². The molecular formula is C18H22N4O3. The third-order valence-electron chi connectivity index (χ3n) is 5.52. The Morgan fingerprint density at radius 2 is 2.20 bits per heavy atom. The van der Waals surface area contributed by atoms with Gasteiger partial charge < -0.3 is 14.5 Å². The minimum Gasteiger partial charge on any atom is -0.383 e. The standard InChI is InChI=1S/C18H22N4O3/c1-25-10-9-21-7-5-18(17(21)24)6-8-22(12-18)16(23)13-3-2-4-15-14(13)11-19-20-15/h2-4,11H,5-10,12H2,1H3,(H,19,20). The van der Waals surface area contributed by atoms with E-state index in [1.165, 1.54) is 0 Å². The van der Waals surface area contributed by atoms with Gasteiger partial charge in [-0.15, -0.1) is 0 Å². The number of nitrogens with zero attached hydrogens (tertiary/aromatic N) is 3. The molecule has 1 unspecified atom stereocenters. The highest BCUT2D eigenvalue weighted by Crippen LogP contribution is 2.41. The maximum Gasteiger partial charge on any atom is 0.254 e. The molecule has 7 heteroatoms. The van der Waals surface area contributed by atoms with E-state index < -0.39 is 5.41 Å². The number of rotatable bonds is 4. The number of carbonyl (C=O) groups excluding carboxylic acids is 2. The topological polar surface area (TPSA) is 78.5 Å². The first-order valence-corrected chi connectivity index (χ1v) is 8.64. The van der Waals surface area contributed by atoms with Gasteiger partial charge in [0.2, 0.25) is 5.91 Å². The first-order valence-electron chi connectivity index (χ1n) is 8.64. The Bertz CT molecular complexity index is 818. The summed E-state index contributed by atoms with van der Waals surface area (Å²) in [5.74, 6) is 0.147. The number of aromatic nitrogens is 2. The quantitative estimate of drug-likeness (QED) is 0.908. The summed E-state index contributed by atoms with van der Waals surface area (Å²) in [4.78, 5) is 29.5. The van der Waals surface area contributed by atoms with Crippen molar-refractivity contribution < 1.29 is 14.3 Å². The van der Waals surface area contributed by atoms with E-state index in [0.29, 0.717) is 31.8 Å². The molecule has 2 amide bonds. The summed E-state index contributed by atoms with van der Waals surface area (Å²) >= 11 is 0. The van der Waals surface area contributed by atoms with Crippen molar-refractivity contribution in [2.24, 2.45) is 5.41 Å². The summed E-state index contributed by atoms with van der Waals surface area (Å²) in [6, 6.07) is 5.58. The third-order valence-corrected chi connectivity index (χ3v) is 5.52. The van der Waals surface area contributed by atoms with Crippen LogP contribution >= 0.6 is 0 Å². The molecule has 132 valence electrons. The first kappa shape index (κ1) is 16.1. The summed E-state index contributed by atoms with van der Waals surface area (Å²) < 4.78 is 5.09. The second-order valence-electron chi connectivity index (χ2n) is 6.93. The fraction of sp³-hybridized carbons (Fsp3) is 0.500. The maximum atomic E-state index is 13.0. The monoisotopic (exact) mass is 342 g/mol. The minimum atomic E-state index is -0.409. The Labute approximate surface area is 145 Å². The fourth-order valence-electron chi connectivity index (χ4n) is 4.06. The van der Waals surface area contributed by atoms with Crippen LogP contribution in [-0.4, -0.2) is 71.7 Å². The summed E-state index contributed by atoms with van der Waals surface area (Å²) in [6.45, 7) is 3.05. The number of benzene rings is 1. The molecule has 2 saturated heterocycles. The highest BCUT2D eigenvalue weighted by molar-refractivity contribution is 6.06. The van der Waals surface area contributed by atoms with Crippen molar-refractivity contribution in [3.63, 3.8) is 0 Å². The van der Waals surface area contributed by atoms with E-state index in [1.54, 1.807) is 13.3 Å². The third kappa shape index (κ3) is 2.59. The molecule has 1 atom stereocenters. The molecule has 1 aromatic heterocycles. The average Bonchev–Trinajstić information content (AvgIpc) is 3.34. The molecular weight excluding hydrogens is 320 g/mol. The number of H-pyrrole nitrogens is 1. The lowest BCUT2D eigenvalue weighted by atomic mass is 9.85. The van der Waals surface area contributed by atoms with Gasteiger partial charge in [0.1, 0.15) is 0 Å². The summed E-state index contributed by atoms with van der Waals surface area (Å²) in [5, 5.41) is 7.74. The lowest BCUT2D eigenvalue weighted by molar-refractivity contribution is -0.135. The lowest BCUT2D eigenvalue weighted by Crippen LogP contribution is -2.39. The van der Waals surface area contributed by atoms with Crippen molar-refractivity contribution in [3.8, 4) is 0 Å². The Morgan fingerprint density at radius 3 is 3.04 bits per heavy atom. The van der Waals surface area contributed by atoms with Crippen LogP contribution < -0.4 is 0 Å². The van der Waals surface area contributed by atoms with E-state index in [2.05, 4.69) is 10.2 Å². The van der Waals surface area contributed by atoms with Gasteiger partial charge in [0.25, 0.3) is 5.91 Å². The van der Waals surface area contributed by atoms with Crippen LogP contribution in [0.4, 0.5) is 0 Å². The van der Waals surface area contributed by atoms with E-state index in [-0.39, 0.29) is 11.8 Å². The molecule has 1 N–H and O–H groups in total. The van der Waals surface area contributed by atoms with Crippen LogP contribution in [0.1, 0.15) is 23.2 Å². The van der Waals surface area contributed by atoms with Gasteiger partial charge >= 0.3 is 0 Å². The van der Waals surface area contributed by atoms with Crippen molar-refractivity contribution in [1.29, 1.82) is 0 Å². The van der Waals surface area contributed by atoms with Crippen molar-refractivity contribution in [2.45, 2.75) is 12.8 Å². The summed E-state index contributed by atoms with van der Waals surface area (Å²) in [5.41, 5.74) is 1.08. The van der Waals surface area contributed by atoms with E-state index in [1.807, 2.05) is 28.0 Å². The van der Waals surface area contributed by atoms with Crippen LogP contribution in [-0.2, 0) is 9.53 Å². The highest BCUT2D eigenvalue weighted by atomic mass is 16.5. The Balaban J connectivity index is 1.52. The number of fused-ring (bicyclic) bond motifs is 1. The van der Waals surface area contributed by atoms with Crippen LogP contribution in [0.25, 0.3) is 10.9 Å². The van der Waals surface area contributed by atoms with Crippen molar-refractivity contribution in [1.82, 2.24) is 20.0 Å². The zero-order chi connectivity index (χ0) is 17.4. The zero-order valence-corrected chi connectivity index (χ0v) is 14.3. The van der Waals surface area contributed by atoms with Crippen LogP contribution in [0.3, 0.4) is 0 Å². The fourth-order valence-corrected chi connectivity index (χ4v) is 4.06. The van der Waals surface area contributed by atoms with Gasteiger partial charge in [0.15, 0.2) is 0 Å². The molecule has 25 heavy (non-hydrogen) atoms. The van der Waals surface area contributed by atoms with Gasteiger partial charge in [-0.1, -0.05) is 6.07 Å². The molecule has 3 heterocycles. The van der Waals surface area contributed by atoms with Gasteiger partial charge in [0.05, 0.1) is 29.3 Å². The number of amides is 2. The van der Waals surface area contributed by atoms with Crippen LogP contribution in [0.15, 0.2) is 24.4 Å². The number of hydrogen-bond acceptors (Lipinski definition) is 4. The number of methoxy groups -OCH3 is 1. The van der Waals surface area contributed by atoms with Crippen molar-refractivity contribution in [2.75, 3.05) is 39.9 Å². The number of nitrogens with one attached hydrogen (secondary N) is 1. The molecule has 0 aliphatic carbocycles. The molecule has 2 fully saturated rings. The molecule has 7 nitrogen and oxygen atoms in total. The predicted octanol–water partition coefficient (Wildman–Crippen LogP) is 1.27. The van der Waals surface area contributed by atoms with Gasteiger partial charge in [-0.2, -0.15) is 5.10 Å². The van der Waals surface area contributed by atoms with Gasteiger partial charge in [-0.3, -0.25) is 14.7 Å². The van der Waals surface area contributed by atoms with E-state index in [9.17, 15) is 9.59 Å². The molecule has 1 spiro atoms. The normalized spacial score (nSPS) is 23.3.